The molecule has 1 rings (SSSR count). The SMILES string of the molecule is CC1=NC[CH]CC1. The van der Waals surface area contributed by atoms with E-state index in [9.17, 15) is 0 Å². The quantitative estimate of drug-likeness (QED) is 0.432. The van der Waals surface area contributed by atoms with Crippen molar-refractivity contribution in [3.05, 3.63) is 6.42 Å². The fourth-order valence-electron chi connectivity index (χ4n) is 0.702. The molecule has 1 aliphatic heterocycles. The van der Waals surface area contributed by atoms with Gasteiger partial charge in [-0.15, -0.1) is 0 Å². The molecule has 0 spiro atoms. The van der Waals surface area contributed by atoms with Crippen molar-refractivity contribution in [2.75, 3.05) is 6.54 Å². The Morgan fingerprint density at radius 3 is 2.86 bits per heavy atom. The Hall–Kier alpha value is -0.330. The molecular weight excluding hydrogens is 86.1 g/mol. The molecule has 0 aromatic heterocycles. The fraction of sp³-hybridized carbons (Fsp3) is 0.667. The molecule has 0 saturated heterocycles. The summed E-state index contributed by atoms with van der Waals surface area (Å²) in [5, 5.41) is 0. The molecule has 0 aromatic rings. The van der Waals surface area contributed by atoms with Crippen LogP contribution in [0.4, 0.5) is 0 Å². The van der Waals surface area contributed by atoms with Gasteiger partial charge in [-0.1, -0.05) is 0 Å². The van der Waals surface area contributed by atoms with E-state index in [0.717, 1.165) is 6.54 Å². The molecule has 0 aromatic carbocycles. The Kier molecular flexibility index (Phi) is 1.45. The van der Waals surface area contributed by atoms with Crippen molar-refractivity contribution in [3.8, 4) is 0 Å². The highest BCUT2D eigenvalue weighted by atomic mass is 14.7. The molecule has 1 heterocycles. The van der Waals surface area contributed by atoms with Crippen molar-refractivity contribution >= 4 is 5.71 Å². The molecule has 1 radical (unpaired) electrons. The summed E-state index contributed by atoms with van der Waals surface area (Å²) in [5.41, 5.74) is 1.31. The van der Waals surface area contributed by atoms with Gasteiger partial charge >= 0.3 is 0 Å². The minimum absolute atomic E-state index is 0.950. The standard InChI is InChI=1S/C6H10N/c1-6-4-2-3-5-7-6/h3H,2,4-5H2,1H3. The van der Waals surface area contributed by atoms with Gasteiger partial charge in [-0.25, -0.2) is 0 Å². The lowest BCUT2D eigenvalue weighted by Crippen LogP contribution is -2.00. The lowest BCUT2D eigenvalue weighted by molar-refractivity contribution is 0.893. The molecule has 1 nitrogen and oxygen atoms in total. The first-order valence-electron chi connectivity index (χ1n) is 2.71. The second kappa shape index (κ2) is 2.10. The van der Waals surface area contributed by atoms with Crippen LogP contribution in [0, 0.1) is 6.42 Å². The summed E-state index contributed by atoms with van der Waals surface area (Å²) < 4.78 is 0. The van der Waals surface area contributed by atoms with Crippen molar-refractivity contribution in [2.45, 2.75) is 19.8 Å². The summed E-state index contributed by atoms with van der Waals surface area (Å²) >= 11 is 0. The van der Waals surface area contributed by atoms with Crippen LogP contribution in [0.25, 0.3) is 0 Å². The Labute approximate surface area is 44.5 Å². The highest BCUT2D eigenvalue weighted by Crippen LogP contribution is 2.02. The van der Waals surface area contributed by atoms with E-state index in [1.165, 1.54) is 18.6 Å². The van der Waals surface area contributed by atoms with Crippen LogP contribution in [-0.2, 0) is 0 Å². The molecular formula is C6H10N. The zero-order valence-electron chi connectivity index (χ0n) is 4.65. The van der Waals surface area contributed by atoms with Crippen molar-refractivity contribution in [3.63, 3.8) is 0 Å². The highest BCUT2D eigenvalue weighted by molar-refractivity contribution is 5.82. The van der Waals surface area contributed by atoms with Crippen LogP contribution in [0.1, 0.15) is 19.8 Å². The molecule has 1 heteroatoms. The highest BCUT2D eigenvalue weighted by Gasteiger charge is 1.96. The fourth-order valence-corrected chi connectivity index (χ4v) is 0.702. The van der Waals surface area contributed by atoms with Crippen LogP contribution >= 0.6 is 0 Å². The summed E-state index contributed by atoms with van der Waals surface area (Å²) in [6, 6.07) is 0. The van der Waals surface area contributed by atoms with Crippen molar-refractivity contribution in [1.82, 2.24) is 0 Å². The summed E-state index contributed by atoms with van der Waals surface area (Å²) in [4.78, 5) is 4.19. The zero-order chi connectivity index (χ0) is 5.11. The predicted octanol–water partition coefficient (Wildman–Crippen LogP) is 1.45. The van der Waals surface area contributed by atoms with Gasteiger partial charge in [0.2, 0.25) is 0 Å². The van der Waals surface area contributed by atoms with E-state index in [0.29, 0.717) is 0 Å². The molecule has 0 N–H and O–H groups in total. The van der Waals surface area contributed by atoms with Crippen LogP contribution in [0.15, 0.2) is 4.99 Å². The first-order valence-corrected chi connectivity index (χ1v) is 2.71. The van der Waals surface area contributed by atoms with E-state index in [2.05, 4.69) is 18.3 Å². The van der Waals surface area contributed by atoms with Gasteiger partial charge in [0.1, 0.15) is 0 Å². The van der Waals surface area contributed by atoms with Gasteiger partial charge in [0, 0.05) is 12.3 Å². The summed E-state index contributed by atoms with van der Waals surface area (Å²) in [7, 11) is 0. The summed E-state index contributed by atoms with van der Waals surface area (Å²) in [5.74, 6) is 0. The van der Waals surface area contributed by atoms with Gasteiger partial charge in [0.15, 0.2) is 0 Å². The lowest BCUT2D eigenvalue weighted by atomic mass is 10.1. The molecule has 0 bridgehead atoms. The van der Waals surface area contributed by atoms with Crippen LogP contribution in [0.3, 0.4) is 0 Å². The molecule has 0 atom stereocenters. The van der Waals surface area contributed by atoms with Crippen molar-refractivity contribution in [1.29, 1.82) is 0 Å². The first kappa shape index (κ1) is 4.82. The van der Waals surface area contributed by atoms with Crippen LogP contribution in [-0.4, -0.2) is 12.3 Å². The average molecular weight is 96.2 g/mol. The normalized spacial score (nSPS) is 21.6. The first-order chi connectivity index (χ1) is 3.39. The Bertz CT molecular complexity index is 84.2. The van der Waals surface area contributed by atoms with E-state index in [-0.39, 0.29) is 0 Å². The Balaban J connectivity index is 2.40. The molecule has 39 valence electrons. The van der Waals surface area contributed by atoms with Crippen LogP contribution in [0.5, 0.6) is 0 Å². The maximum Gasteiger partial charge on any atom is 0.0420 e. The summed E-state index contributed by atoms with van der Waals surface area (Å²) in [6.07, 6.45) is 4.63. The molecule has 7 heavy (non-hydrogen) atoms. The number of aliphatic imine (C=N–C) groups is 1. The molecule has 0 fully saturated rings. The van der Waals surface area contributed by atoms with Gasteiger partial charge in [-0.3, -0.25) is 4.99 Å². The van der Waals surface area contributed by atoms with Gasteiger partial charge in [-0.05, 0) is 26.2 Å². The second-order valence-corrected chi connectivity index (χ2v) is 1.90. The maximum atomic E-state index is 4.19. The minimum atomic E-state index is 0.950. The van der Waals surface area contributed by atoms with Gasteiger partial charge in [-0.2, -0.15) is 0 Å². The number of rotatable bonds is 0. The monoisotopic (exact) mass is 96.1 g/mol. The van der Waals surface area contributed by atoms with Crippen molar-refractivity contribution < 1.29 is 0 Å². The third kappa shape index (κ3) is 1.30. The van der Waals surface area contributed by atoms with Crippen LogP contribution < -0.4 is 0 Å². The van der Waals surface area contributed by atoms with E-state index < -0.39 is 0 Å². The predicted molar refractivity (Wildman–Crippen MR) is 31.5 cm³/mol. The minimum Gasteiger partial charge on any atom is -0.294 e. The number of nitrogens with zero attached hydrogens (tertiary/aromatic N) is 1. The Morgan fingerprint density at radius 2 is 2.57 bits per heavy atom. The lowest BCUT2D eigenvalue weighted by Gasteiger charge is -2.04. The molecule has 0 aliphatic carbocycles. The molecule has 0 saturated carbocycles. The average Bonchev–Trinajstić information content (AvgIpc) is 1.69. The largest absolute Gasteiger partial charge is 0.294 e. The number of hydrogen-bond acceptors (Lipinski definition) is 1. The van der Waals surface area contributed by atoms with Crippen molar-refractivity contribution in [2.24, 2.45) is 4.99 Å². The third-order valence-corrected chi connectivity index (χ3v) is 1.20. The molecule has 0 amide bonds. The molecule has 0 unspecified atom stereocenters. The zero-order valence-corrected chi connectivity index (χ0v) is 4.65. The summed E-state index contributed by atoms with van der Waals surface area (Å²) in [6.45, 7) is 3.04. The van der Waals surface area contributed by atoms with Gasteiger partial charge in [0.25, 0.3) is 0 Å². The van der Waals surface area contributed by atoms with Gasteiger partial charge < -0.3 is 0 Å². The maximum absolute atomic E-state index is 4.19. The van der Waals surface area contributed by atoms with E-state index in [1.54, 1.807) is 0 Å². The third-order valence-electron chi connectivity index (χ3n) is 1.20. The van der Waals surface area contributed by atoms with E-state index in [4.69, 9.17) is 0 Å². The van der Waals surface area contributed by atoms with E-state index in [1.807, 2.05) is 0 Å². The van der Waals surface area contributed by atoms with Crippen LogP contribution in [0.2, 0.25) is 0 Å². The van der Waals surface area contributed by atoms with E-state index >= 15 is 0 Å². The van der Waals surface area contributed by atoms with Gasteiger partial charge in [0.05, 0.1) is 0 Å². The number of hydrogen-bond donors (Lipinski definition) is 0. The Morgan fingerprint density at radius 1 is 1.71 bits per heavy atom. The molecule has 1 aliphatic rings. The topological polar surface area (TPSA) is 12.4 Å². The second-order valence-electron chi connectivity index (χ2n) is 1.90. The smallest absolute Gasteiger partial charge is 0.0420 e.